The van der Waals surface area contributed by atoms with E-state index < -0.39 is 0 Å². The summed E-state index contributed by atoms with van der Waals surface area (Å²) >= 11 is 0. The molecular weight excluding hydrogens is 206 g/mol. The van der Waals surface area contributed by atoms with E-state index in [-0.39, 0.29) is 11.5 Å². The molecule has 0 fully saturated rings. The Morgan fingerprint density at radius 2 is 2.00 bits per heavy atom. The molecule has 0 bridgehead atoms. The molecule has 82 valence electrons. The number of Topliss-reactive ketones (excluding diaryl/α,β-unsaturated/α-hetero) is 1. The Hall–Kier alpha value is -2.17. The van der Waals surface area contributed by atoms with Crippen molar-refractivity contribution in [3.05, 3.63) is 46.9 Å². The molecule has 0 aliphatic carbocycles. The molecule has 0 amide bonds. The maximum absolute atomic E-state index is 11.8. The highest BCUT2D eigenvalue weighted by Gasteiger charge is 2.23. The van der Waals surface area contributed by atoms with Gasteiger partial charge in [-0.15, -0.1) is 4.85 Å². The van der Waals surface area contributed by atoms with Gasteiger partial charge in [0.15, 0.2) is 0 Å². The third kappa shape index (κ3) is 1.56. The van der Waals surface area contributed by atoms with Crippen LogP contribution < -0.4 is 4.85 Å². The van der Waals surface area contributed by atoms with Gasteiger partial charge in [0, 0.05) is 18.9 Å². The number of aryl methyl sites for hydroxylation is 1. The number of aromatic nitrogens is 3. The van der Waals surface area contributed by atoms with Crippen LogP contribution in [0.15, 0.2) is 30.3 Å². The molecule has 0 spiro atoms. The van der Waals surface area contributed by atoms with Crippen molar-refractivity contribution < 1.29 is 9.64 Å². The predicted octanol–water partition coefficient (Wildman–Crippen LogP) is 1.02. The van der Waals surface area contributed by atoms with Crippen molar-refractivity contribution in [1.82, 2.24) is 9.90 Å². The fourth-order valence-corrected chi connectivity index (χ4v) is 1.58. The van der Waals surface area contributed by atoms with Crippen LogP contribution in [0.5, 0.6) is 0 Å². The van der Waals surface area contributed by atoms with Crippen LogP contribution in [0.1, 0.15) is 23.1 Å². The van der Waals surface area contributed by atoms with E-state index in [0.717, 1.165) is 0 Å². The zero-order valence-electron chi connectivity index (χ0n) is 9.04. The summed E-state index contributed by atoms with van der Waals surface area (Å²) in [5.74, 6) is -0.283. The molecule has 0 N–H and O–H groups in total. The number of rotatable bonds is 2. The van der Waals surface area contributed by atoms with Crippen molar-refractivity contribution in [3.8, 4) is 5.69 Å². The van der Waals surface area contributed by atoms with Gasteiger partial charge in [0.1, 0.15) is 5.69 Å². The SMILES string of the molecule is CC(=O)c1c(C)nn(-c2ccccc2)[n+]1[O-]. The zero-order chi connectivity index (χ0) is 11.7. The molecule has 2 rings (SSSR count). The minimum Gasteiger partial charge on any atom is -0.692 e. The third-order valence-electron chi connectivity index (χ3n) is 2.27. The first-order valence-corrected chi connectivity index (χ1v) is 4.87. The highest BCUT2D eigenvalue weighted by atomic mass is 16.5. The molecule has 5 nitrogen and oxygen atoms in total. The van der Waals surface area contributed by atoms with Crippen LogP contribution in [0.25, 0.3) is 5.69 Å². The second kappa shape index (κ2) is 3.77. The summed E-state index contributed by atoms with van der Waals surface area (Å²) in [4.78, 5) is 13.0. The summed E-state index contributed by atoms with van der Waals surface area (Å²) in [7, 11) is 0. The fourth-order valence-electron chi connectivity index (χ4n) is 1.58. The van der Waals surface area contributed by atoms with Gasteiger partial charge < -0.3 is 5.21 Å². The number of ketones is 1. The van der Waals surface area contributed by atoms with E-state index in [9.17, 15) is 10.0 Å². The topological polar surface area (TPSA) is 61.8 Å². The van der Waals surface area contributed by atoms with Gasteiger partial charge in [-0.2, -0.15) is 0 Å². The molecule has 1 aromatic carbocycles. The van der Waals surface area contributed by atoms with E-state index in [1.165, 1.54) is 11.7 Å². The highest BCUT2D eigenvalue weighted by molar-refractivity contribution is 5.91. The third-order valence-corrected chi connectivity index (χ3v) is 2.27. The zero-order valence-corrected chi connectivity index (χ0v) is 9.04. The molecule has 0 saturated heterocycles. The van der Waals surface area contributed by atoms with Gasteiger partial charge in [-0.05, 0) is 16.9 Å². The summed E-state index contributed by atoms with van der Waals surface area (Å²) in [6.07, 6.45) is 0. The van der Waals surface area contributed by atoms with Crippen molar-refractivity contribution >= 4 is 5.78 Å². The van der Waals surface area contributed by atoms with Crippen molar-refractivity contribution in [1.29, 1.82) is 0 Å². The summed E-state index contributed by atoms with van der Waals surface area (Å²) in [5.41, 5.74) is 1.16. The quantitative estimate of drug-likeness (QED) is 0.428. The number of hydrogen-bond acceptors (Lipinski definition) is 3. The average molecular weight is 217 g/mol. The lowest BCUT2D eigenvalue weighted by atomic mass is 10.3. The van der Waals surface area contributed by atoms with Crippen molar-refractivity contribution in [2.45, 2.75) is 13.8 Å². The van der Waals surface area contributed by atoms with Crippen LogP contribution in [0, 0.1) is 12.1 Å². The Labute approximate surface area is 92.5 Å². The van der Waals surface area contributed by atoms with E-state index in [2.05, 4.69) is 5.10 Å². The fraction of sp³-hybridized carbons (Fsp3) is 0.182. The van der Waals surface area contributed by atoms with Crippen molar-refractivity contribution in [3.63, 3.8) is 0 Å². The van der Waals surface area contributed by atoms with Crippen LogP contribution in [-0.2, 0) is 0 Å². The molecule has 1 aromatic heterocycles. The van der Waals surface area contributed by atoms with Gasteiger partial charge in [0.2, 0.25) is 17.2 Å². The monoisotopic (exact) mass is 217 g/mol. The predicted molar refractivity (Wildman–Crippen MR) is 57.3 cm³/mol. The van der Waals surface area contributed by atoms with Crippen molar-refractivity contribution in [2.24, 2.45) is 0 Å². The van der Waals surface area contributed by atoms with Crippen LogP contribution in [0.4, 0.5) is 0 Å². The first-order chi connectivity index (χ1) is 7.61. The molecule has 0 aliphatic heterocycles. The molecule has 1 heterocycles. The molecule has 5 heteroatoms. The number of nitrogens with zero attached hydrogens (tertiary/aromatic N) is 3. The number of hydrogen-bond donors (Lipinski definition) is 0. The average Bonchev–Trinajstić information content (AvgIpc) is 2.55. The van der Waals surface area contributed by atoms with Crippen LogP contribution in [0.3, 0.4) is 0 Å². The maximum atomic E-state index is 11.8. The summed E-state index contributed by atoms with van der Waals surface area (Å²) in [6, 6.07) is 8.97. The second-order valence-corrected chi connectivity index (χ2v) is 3.49. The smallest absolute Gasteiger partial charge is 0.243 e. The molecule has 0 aliphatic rings. The summed E-state index contributed by atoms with van der Waals surface area (Å²) in [5, 5.41) is 15.9. The Bertz CT molecular complexity index is 532. The molecular formula is C11H11N3O2. The Morgan fingerprint density at radius 1 is 1.38 bits per heavy atom. The number of carbonyl (C=O) groups excluding carboxylic acids is 1. The Kier molecular flexibility index (Phi) is 2.44. The van der Waals surface area contributed by atoms with E-state index in [1.54, 1.807) is 31.2 Å². The van der Waals surface area contributed by atoms with Gasteiger partial charge in [-0.1, -0.05) is 18.2 Å². The number of carbonyl (C=O) groups is 1. The van der Waals surface area contributed by atoms with Gasteiger partial charge in [-0.25, -0.2) is 0 Å². The lowest BCUT2D eigenvalue weighted by molar-refractivity contribution is -0.690. The van der Waals surface area contributed by atoms with Crippen LogP contribution in [0.2, 0.25) is 0 Å². The summed E-state index contributed by atoms with van der Waals surface area (Å²) in [6.45, 7) is 3.00. The minimum absolute atomic E-state index is 0.0869. The van der Waals surface area contributed by atoms with Gasteiger partial charge >= 0.3 is 0 Å². The van der Waals surface area contributed by atoms with Crippen molar-refractivity contribution in [2.75, 3.05) is 0 Å². The van der Waals surface area contributed by atoms with Gasteiger partial charge in [-0.3, -0.25) is 4.79 Å². The molecule has 2 aromatic rings. The first kappa shape index (κ1) is 10.4. The molecule has 0 atom stereocenters. The van der Waals surface area contributed by atoms with Gasteiger partial charge in [0.25, 0.3) is 0 Å². The summed E-state index contributed by atoms with van der Waals surface area (Å²) < 4.78 is 0. The highest BCUT2D eigenvalue weighted by Crippen LogP contribution is 2.06. The first-order valence-electron chi connectivity index (χ1n) is 4.87. The molecule has 16 heavy (non-hydrogen) atoms. The second-order valence-electron chi connectivity index (χ2n) is 3.49. The number of benzene rings is 1. The van der Waals surface area contributed by atoms with E-state index >= 15 is 0 Å². The van der Waals surface area contributed by atoms with E-state index in [1.807, 2.05) is 6.07 Å². The minimum atomic E-state index is -0.283. The Balaban J connectivity index is 2.61. The van der Waals surface area contributed by atoms with E-state index in [0.29, 0.717) is 16.2 Å². The molecule has 0 radical (unpaired) electrons. The standard InChI is InChI=1S/C11H11N3O2/c1-8-11(9(2)15)14(16)13(12-8)10-6-4-3-5-7-10/h3-7H,1-2H3. The van der Waals surface area contributed by atoms with Crippen LogP contribution in [-0.4, -0.2) is 15.7 Å². The largest absolute Gasteiger partial charge is 0.692 e. The normalized spacial score (nSPS) is 10.4. The molecule has 0 saturated carbocycles. The van der Waals surface area contributed by atoms with Crippen LogP contribution >= 0.6 is 0 Å². The lowest BCUT2D eigenvalue weighted by Gasteiger charge is -2.04. The number of para-hydroxylation sites is 1. The Morgan fingerprint density at radius 3 is 2.50 bits per heavy atom. The van der Waals surface area contributed by atoms with E-state index in [4.69, 9.17) is 0 Å². The van der Waals surface area contributed by atoms with Gasteiger partial charge in [0.05, 0.1) is 0 Å². The lowest BCUT2D eigenvalue weighted by Crippen LogP contribution is -2.41. The molecule has 0 unspecified atom stereocenters. The maximum Gasteiger partial charge on any atom is 0.243 e.